The smallest absolute Gasteiger partial charge is 0.167 e. The van der Waals surface area contributed by atoms with Crippen LogP contribution >= 0.6 is 0 Å². The van der Waals surface area contributed by atoms with Crippen LogP contribution in [-0.4, -0.2) is 28.2 Å². The summed E-state index contributed by atoms with van der Waals surface area (Å²) in [5.41, 5.74) is 0.747. The van der Waals surface area contributed by atoms with Crippen LogP contribution in [0.2, 0.25) is 0 Å². The summed E-state index contributed by atoms with van der Waals surface area (Å²) in [6, 6.07) is 0.348. The maximum atomic E-state index is 12.1. The lowest BCUT2D eigenvalue weighted by molar-refractivity contribution is 0.0957. The van der Waals surface area contributed by atoms with Crippen molar-refractivity contribution in [1.29, 1.82) is 0 Å². The number of hydrogen-bond donors (Lipinski definition) is 1. The lowest BCUT2D eigenvalue weighted by atomic mass is 9.88. The zero-order chi connectivity index (χ0) is 13.0. The number of nitrogens with one attached hydrogen (secondary N) is 1. The van der Waals surface area contributed by atoms with Gasteiger partial charge in [-0.25, -0.2) is 0 Å². The van der Waals surface area contributed by atoms with Crippen molar-refractivity contribution in [2.45, 2.75) is 52.1 Å². The van der Waals surface area contributed by atoms with Crippen LogP contribution in [-0.2, 0) is 6.54 Å². The van der Waals surface area contributed by atoms with Crippen LogP contribution in [0.5, 0.6) is 0 Å². The molecule has 0 spiro atoms. The number of aromatic nitrogens is 2. The minimum Gasteiger partial charge on any atom is -0.314 e. The molecule has 1 saturated heterocycles. The molecular weight excluding hydrogens is 226 g/mol. The number of Topliss-reactive ketones (excluding diaryl/α,β-unsaturated/α-hetero) is 1. The number of ketones is 1. The van der Waals surface area contributed by atoms with Gasteiger partial charge in [0.1, 0.15) is 0 Å². The second kappa shape index (κ2) is 6.14. The average molecular weight is 249 g/mol. The quantitative estimate of drug-likeness (QED) is 0.814. The fourth-order valence-electron chi connectivity index (χ4n) is 2.64. The van der Waals surface area contributed by atoms with Gasteiger partial charge in [-0.1, -0.05) is 13.3 Å². The van der Waals surface area contributed by atoms with Gasteiger partial charge >= 0.3 is 0 Å². The third kappa shape index (κ3) is 3.19. The van der Waals surface area contributed by atoms with E-state index >= 15 is 0 Å². The lowest BCUT2D eigenvalue weighted by Crippen LogP contribution is -2.39. The highest BCUT2D eigenvalue weighted by Crippen LogP contribution is 2.21. The molecule has 100 valence electrons. The van der Waals surface area contributed by atoms with Gasteiger partial charge in [0.05, 0.1) is 11.8 Å². The average Bonchev–Trinajstić information content (AvgIpc) is 2.88. The minimum absolute atomic E-state index is 0.212. The molecule has 2 atom stereocenters. The molecule has 1 N–H and O–H groups in total. The minimum atomic E-state index is 0.212. The Balaban J connectivity index is 1.90. The third-order valence-electron chi connectivity index (χ3n) is 3.89. The Morgan fingerprint density at radius 3 is 3.06 bits per heavy atom. The summed E-state index contributed by atoms with van der Waals surface area (Å²) in [4.78, 5) is 12.1. The topological polar surface area (TPSA) is 46.9 Å². The van der Waals surface area contributed by atoms with Gasteiger partial charge in [0.2, 0.25) is 0 Å². The van der Waals surface area contributed by atoms with Gasteiger partial charge in [-0.05, 0) is 32.2 Å². The van der Waals surface area contributed by atoms with E-state index in [9.17, 15) is 4.79 Å². The van der Waals surface area contributed by atoms with Gasteiger partial charge < -0.3 is 5.32 Å². The Kier molecular flexibility index (Phi) is 4.53. The van der Waals surface area contributed by atoms with E-state index in [-0.39, 0.29) is 5.78 Å². The Bertz CT molecular complexity index is 399. The first-order chi connectivity index (χ1) is 8.72. The molecule has 1 aromatic heterocycles. The molecule has 2 rings (SSSR count). The Labute approximate surface area is 109 Å². The summed E-state index contributed by atoms with van der Waals surface area (Å²) in [5, 5.41) is 7.61. The number of hydrogen-bond acceptors (Lipinski definition) is 3. The van der Waals surface area contributed by atoms with E-state index in [0.29, 0.717) is 12.5 Å². The van der Waals surface area contributed by atoms with Gasteiger partial charge in [0, 0.05) is 25.2 Å². The van der Waals surface area contributed by atoms with Crippen molar-refractivity contribution in [1.82, 2.24) is 15.1 Å². The van der Waals surface area contributed by atoms with E-state index in [1.54, 1.807) is 10.9 Å². The van der Waals surface area contributed by atoms with Crippen molar-refractivity contribution in [3.8, 4) is 0 Å². The number of nitrogens with zero attached hydrogens (tertiary/aromatic N) is 2. The van der Waals surface area contributed by atoms with Crippen molar-refractivity contribution in [2.24, 2.45) is 5.92 Å². The SMILES string of the molecule is CCC1CCNC(CC(=O)c2cnn(CC)c2)C1. The van der Waals surface area contributed by atoms with Crippen LogP contribution in [0, 0.1) is 5.92 Å². The molecule has 0 aliphatic carbocycles. The molecule has 2 heterocycles. The first kappa shape index (κ1) is 13.3. The molecule has 4 nitrogen and oxygen atoms in total. The second-order valence-corrected chi connectivity index (χ2v) is 5.16. The molecule has 1 aromatic rings. The number of carbonyl (C=O) groups is 1. The van der Waals surface area contributed by atoms with Crippen LogP contribution in [0.15, 0.2) is 12.4 Å². The zero-order valence-corrected chi connectivity index (χ0v) is 11.4. The van der Waals surface area contributed by atoms with E-state index in [0.717, 1.165) is 31.0 Å². The predicted molar refractivity (Wildman–Crippen MR) is 71.7 cm³/mol. The molecule has 1 aliphatic heterocycles. The van der Waals surface area contributed by atoms with Crippen LogP contribution in [0.25, 0.3) is 0 Å². The normalized spacial score (nSPS) is 24.1. The molecule has 1 aliphatic rings. The maximum Gasteiger partial charge on any atom is 0.167 e. The standard InChI is InChI=1S/C14H23N3O/c1-3-11-5-6-15-13(7-11)8-14(18)12-9-16-17(4-2)10-12/h9-11,13,15H,3-8H2,1-2H3. The second-order valence-electron chi connectivity index (χ2n) is 5.16. The number of piperidine rings is 1. The zero-order valence-electron chi connectivity index (χ0n) is 11.4. The number of carbonyl (C=O) groups excluding carboxylic acids is 1. The molecule has 0 amide bonds. The van der Waals surface area contributed by atoms with Gasteiger partial charge in [0.15, 0.2) is 5.78 Å². The lowest BCUT2D eigenvalue weighted by Gasteiger charge is -2.29. The van der Waals surface area contributed by atoms with Crippen molar-refractivity contribution in [3.63, 3.8) is 0 Å². The highest BCUT2D eigenvalue weighted by Gasteiger charge is 2.23. The van der Waals surface area contributed by atoms with Crippen molar-refractivity contribution < 1.29 is 4.79 Å². The van der Waals surface area contributed by atoms with Crippen LogP contribution in [0.3, 0.4) is 0 Å². The van der Waals surface area contributed by atoms with Crippen molar-refractivity contribution in [3.05, 3.63) is 18.0 Å². The van der Waals surface area contributed by atoms with Crippen LogP contribution < -0.4 is 5.32 Å². The summed E-state index contributed by atoms with van der Waals surface area (Å²) in [7, 11) is 0. The summed E-state index contributed by atoms with van der Waals surface area (Å²) >= 11 is 0. The van der Waals surface area contributed by atoms with E-state index in [1.807, 2.05) is 13.1 Å². The van der Waals surface area contributed by atoms with E-state index in [4.69, 9.17) is 0 Å². The Morgan fingerprint density at radius 1 is 1.56 bits per heavy atom. The molecule has 18 heavy (non-hydrogen) atoms. The Morgan fingerprint density at radius 2 is 2.39 bits per heavy atom. The van der Waals surface area contributed by atoms with Gasteiger partial charge in [-0.3, -0.25) is 9.48 Å². The summed E-state index contributed by atoms with van der Waals surface area (Å²) in [6.45, 7) is 6.12. The number of aryl methyl sites for hydroxylation is 1. The largest absolute Gasteiger partial charge is 0.314 e. The molecule has 4 heteroatoms. The molecule has 2 unspecified atom stereocenters. The summed E-state index contributed by atoms with van der Waals surface area (Å²) in [6.07, 6.45) is 7.74. The van der Waals surface area contributed by atoms with Gasteiger partial charge in [0.25, 0.3) is 0 Å². The molecular formula is C14H23N3O. The highest BCUT2D eigenvalue weighted by molar-refractivity contribution is 5.95. The summed E-state index contributed by atoms with van der Waals surface area (Å²) < 4.78 is 1.80. The van der Waals surface area contributed by atoms with Crippen LogP contribution in [0.1, 0.15) is 49.9 Å². The number of rotatable bonds is 5. The molecule has 1 fully saturated rings. The first-order valence-electron chi connectivity index (χ1n) is 7.02. The summed E-state index contributed by atoms with van der Waals surface area (Å²) in [5.74, 6) is 0.992. The van der Waals surface area contributed by atoms with Gasteiger partial charge in [-0.2, -0.15) is 5.10 Å². The van der Waals surface area contributed by atoms with E-state index in [1.165, 1.54) is 12.8 Å². The van der Waals surface area contributed by atoms with Gasteiger partial charge in [-0.15, -0.1) is 0 Å². The van der Waals surface area contributed by atoms with E-state index < -0.39 is 0 Å². The molecule has 0 radical (unpaired) electrons. The fraction of sp³-hybridized carbons (Fsp3) is 0.714. The molecule has 0 aromatic carbocycles. The molecule has 0 saturated carbocycles. The highest BCUT2D eigenvalue weighted by atomic mass is 16.1. The first-order valence-corrected chi connectivity index (χ1v) is 7.02. The third-order valence-corrected chi connectivity index (χ3v) is 3.89. The maximum absolute atomic E-state index is 12.1. The fourth-order valence-corrected chi connectivity index (χ4v) is 2.64. The predicted octanol–water partition coefficient (Wildman–Crippen LogP) is 2.25. The van der Waals surface area contributed by atoms with Crippen molar-refractivity contribution in [2.75, 3.05) is 6.54 Å². The van der Waals surface area contributed by atoms with E-state index in [2.05, 4.69) is 17.3 Å². The monoisotopic (exact) mass is 249 g/mol. The van der Waals surface area contributed by atoms with Crippen LogP contribution in [0.4, 0.5) is 0 Å². The Hall–Kier alpha value is -1.16. The van der Waals surface area contributed by atoms with Crippen molar-refractivity contribution >= 4 is 5.78 Å². The molecule has 0 bridgehead atoms.